The number of hydrogen-bond donors (Lipinski definition) is 0. The first-order valence-electron chi connectivity index (χ1n) is 9.82. The van der Waals surface area contributed by atoms with Gasteiger partial charge in [-0.2, -0.15) is 0 Å². The second-order valence-electron chi connectivity index (χ2n) is 7.43. The van der Waals surface area contributed by atoms with Crippen molar-refractivity contribution in [2.24, 2.45) is 0 Å². The fourth-order valence-corrected chi connectivity index (χ4v) is 4.11. The highest BCUT2D eigenvalue weighted by atomic mass is 16.5. The second-order valence-corrected chi connectivity index (χ2v) is 7.43. The van der Waals surface area contributed by atoms with E-state index in [9.17, 15) is 0 Å². The van der Waals surface area contributed by atoms with Gasteiger partial charge in [0.2, 0.25) is 0 Å². The minimum Gasteiger partial charge on any atom is -0.378 e. The molecular formula is C23H32N2O. The summed E-state index contributed by atoms with van der Waals surface area (Å²) in [6, 6.07) is 20.7. The molecule has 0 radical (unpaired) electrons. The summed E-state index contributed by atoms with van der Waals surface area (Å²) in [5.41, 5.74) is 4.16. The Morgan fingerprint density at radius 2 is 1.62 bits per heavy atom. The first-order chi connectivity index (χ1) is 12.7. The van der Waals surface area contributed by atoms with E-state index in [0.29, 0.717) is 12.0 Å². The Kier molecular flexibility index (Phi) is 6.70. The average molecular weight is 353 g/mol. The molecule has 1 aliphatic rings. The van der Waals surface area contributed by atoms with Crippen LogP contribution in [0.5, 0.6) is 0 Å². The van der Waals surface area contributed by atoms with E-state index in [1.807, 2.05) is 0 Å². The maximum absolute atomic E-state index is 5.47. The van der Waals surface area contributed by atoms with E-state index in [0.717, 1.165) is 39.1 Å². The highest BCUT2D eigenvalue weighted by Crippen LogP contribution is 2.30. The smallest absolute Gasteiger partial charge is 0.0642 e. The molecule has 3 rings (SSSR count). The lowest BCUT2D eigenvalue weighted by atomic mass is 9.84. The number of rotatable bonds is 7. The minimum atomic E-state index is 0.496. The van der Waals surface area contributed by atoms with E-state index in [1.165, 1.54) is 16.8 Å². The van der Waals surface area contributed by atoms with E-state index in [4.69, 9.17) is 4.74 Å². The van der Waals surface area contributed by atoms with E-state index in [2.05, 4.69) is 85.4 Å². The lowest BCUT2D eigenvalue weighted by Gasteiger charge is -2.33. The predicted octanol–water partition coefficient (Wildman–Crippen LogP) is 4.19. The topological polar surface area (TPSA) is 15.7 Å². The third-order valence-corrected chi connectivity index (χ3v) is 5.54. The largest absolute Gasteiger partial charge is 0.378 e. The molecule has 0 spiro atoms. The van der Waals surface area contributed by atoms with Crippen molar-refractivity contribution in [1.82, 2.24) is 4.90 Å². The first-order valence-corrected chi connectivity index (χ1v) is 9.82. The maximum atomic E-state index is 5.47. The Labute approximate surface area is 158 Å². The molecule has 0 bridgehead atoms. The van der Waals surface area contributed by atoms with E-state index < -0.39 is 0 Å². The molecule has 1 heterocycles. The van der Waals surface area contributed by atoms with E-state index in [-0.39, 0.29) is 0 Å². The van der Waals surface area contributed by atoms with E-state index >= 15 is 0 Å². The summed E-state index contributed by atoms with van der Waals surface area (Å²) < 4.78 is 5.47. The molecule has 2 aromatic carbocycles. The van der Waals surface area contributed by atoms with Gasteiger partial charge in [0.05, 0.1) is 13.2 Å². The van der Waals surface area contributed by atoms with Gasteiger partial charge in [-0.05, 0) is 50.2 Å². The summed E-state index contributed by atoms with van der Waals surface area (Å²) in [7, 11) is 4.41. The number of nitrogens with zero attached hydrogens (tertiary/aromatic N) is 2. The van der Waals surface area contributed by atoms with Crippen LogP contribution >= 0.6 is 0 Å². The van der Waals surface area contributed by atoms with Crippen LogP contribution in [0.3, 0.4) is 0 Å². The van der Waals surface area contributed by atoms with Crippen LogP contribution in [0.1, 0.15) is 30.4 Å². The predicted molar refractivity (Wildman–Crippen MR) is 110 cm³/mol. The van der Waals surface area contributed by atoms with E-state index in [1.54, 1.807) is 0 Å². The zero-order valence-electron chi connectivity index (χ0n) is 16.4. The maximum Gasteiger partial charge on any atom is 0.0642 e. The molecule has 3 heteroatoms. The van der Waals surface area contributed by atoms with Crippen molar-refractivity contribution in [2.75, 3.05) is 45.3 Å². The molecule has 0 amide bonds. The zero-order valence-corrected chi connectivity index (χ0v) is 16.4. The van der Waals surface area contributed by atoms with Crippen LogP contribution in [-0.4, -0.2) is 51.3 Å². The SMILES string of the molecule is CCC(C(Cc1ccccc1)c1ccc(N2CCOCC2)cc1)N(C)C. The van der Waals surface area contributed by atoms with Crippen molar-refractivity contribution in [2.45, 2.75) is 31.7 Å². The lowest BCUT2D eigenvalue weighted by molar-refractivity contribution is 0.122. The Morgan fingerprint density at radius 1 is 0.962 bits per heavy atom. The molecule has 0 saturated carbocycles. The van der Waals surface area contributed by atoms with Crippen molar-refractivity contribution < 1.29 is 4.74 Å². The van der Waals surface area contributed by atoms with Crippen molar-refractivity contribution >= 4 is 5.69 Å². The van der Waals surface area contributed by atoms with Gasteiger partial charge in [0.1, 0.15) is 0 Å². The fraction of sp³-hybridized carbons (Fsp3) is 0.478. The summed E-state index contributed by atoms with van der Waals surface area (Å²) in [6.07, 6.45) is 2.23. The van der Waals surface area contributed by atoms with Crippen LogP contribution in [-0.2, 0) is 11.2 Å². The molecule has 1 fully saturated rings. The number of anilines is 1. The molecule has 1 saturated heterocycles. The Bertz CT molecular complexity index is 648. The number of benzene rings is 2. The molecule has 140 valence electrons. The third-order valence-electron chi connectivity index (χ3n) is 5.54. The molecule has 2 atom stereocenters. The quantitative estimate of drug-likeness (QED) is 0.743. The van der Waals surface area contributed by atoms with Gasteiger partial charge in [-0.1, -0.05) is 49.4 Å². The first kappa shape index (κ1) is 18.9. The standard InChI is InChI=1S/C23H32N2O/c1-4-23(24(2)3)22(18-19-8-6-5-7-9-19)20-10-12-21(13-11-20)25-14-16-26-17-15-25/h5-13,22-23H,4,14-18H2,1-3H3. The normalized spacial score (nSPS) is 17.3. The molecule has 3 nitrogen and oxygen atoms in total. The molecule has 0 aromatic heterocycles. The van der Waals surface area contributed by atoms with Gasteiger partial charge in [-0.15, -0.1) is 0 Å². The van der Waals surface area contributed by atoms with Crippen LogP contribution in [0.2, 0.25) is 0 Å². The summed E-state index contributed by atoms with van der Waals surface area (Å²) in [5.74, 6) is 0.496. The number of likely N-dealkylation sites (N-methyl/N-ethyl adjacent to an activating group) is 1. The van der Waals surface area contributed by atoms with Crippen LogP contribution in [0, 0.1) is 0 Å². The number of morpholine rings is 1. The number of hydrogen-bond acceptors (Lipinski definition) is 3. The van der Waals surface area contributed by atoms with Gasteiger partial charge in [-0.3, -0.25) is 0 Å². The molecule has 1 aliphatic heterocycles. The molecule has 26 heavy (non-hydrogen) atoms. The molecule has 0 N–H and O–H groups in total. The van der Waals surface area contributed by atoms with Gasteiger partial charge in [-0.25, -0.2) is 0 Å². The molecule has 2 aromatic rings. The highest BCUT2D eigenvalue weighted by Gasteiger charge is 2.24. The molecule has 0 aliphatic carbocycles. The van der Waals surface area contributed by atoms with Crippen LogP contribution in [0.25, 0.3) is 0 Å². The van der Waals surface area contributed by atoms with Gasteiger partial charge in [0, 0.05) is 30.7 Å². The summed E-state index contributed by atoms with van der Waals surface area (Å²) in [6.45, 7) is 5.93. The summed E-state index contributed by atoms with van der Waals surface area (Å²) in [5, 5.41) is 0. The fourth-order valence-electron chi connectivity index (χ4n) is 4.11. The lowest BCUT2D eigenvalue weighted by Crippen LogP contribution is -2.36. The van der Waals surface area contributed by atoms with Crippen LogP contribution < -0.4 is 4.90 Å². The van der Waals surface area contributed by atoms with Crippen molar-refractivity contribution in [3.8, 4) is 0 Å². The average Bonchev–Trinajstić information content (AvgIpc) is 2.69. The minimum absolute atomic E-state index is 0.496. The second kappa shape index (κ2) is 9.20. The molecular weight excluding hydrogens is 320 g/mol. The number of ether oxygens (including phenoxy) is 1. The van der Waals surface area contributed by atoms with Gasteiger partial charge >= 0.3 is 0 Å². The van der Waals surface area contributed by atoms with Crippen molar-refractivity contribution in [1.29, 1.82) is 0 Å². The van der Waals surface area contributed by atoms with Crippen LogP contribution in [0.4, 0.5) is 5.69 Å². The van der Waals surface area contributed by atoms with Gasteiger partial charge in [0.15, 0.2) is 0 Å². The highest BCUT2D eigenvalue weighted by molar-refractivity contribution is 5.48. The van der Waals surface area contributed by atoms with Crippen molar-refractivity contribution in [3.05, 3.63) is 65.7 Å². The monoisotopic (exact) mass is 352 g/mol. The summed E-state index contributed by atoms with van der Waals surface area (Å²) in [4.78, 5) is 4.80. The summed E-state index contributed by atoms with van der Waals surface area (Å²) >= 11 is 0. The van der Waals surface area contributed by atoms with Crippen LogP contribution in [0.15, 0.2) is 54.6 Å². The third kappa shape index (κ3) is 4.66. The Hall–Kier alpha value is -1.84. The Morgan fingerprint density at radius 3 is 2.19 bits per heavy atom. The van der Waals surface area contributed by atoms with Gasteiger partial charge < -0.3 is 14.5 Å². The van der Waals surface area contributed by atoms with Crippen molar-refractivity contribution in [3.63, 3.8) is 0 Å². The zero-order chi connectivity index (χ0) is 18.4. The van der Waals surface area contributed by atoms with Gasteiger partial charge in [0.25, 0.3) is 0 Å². The Balaban J connectivity index is 1.83. The molecule has 2 unspecified atom stereocenters.